The minimum absolute atomic E-state index is 0.0306. The van der Waals surface area contributed by atoms with Crippen LogP contribution >= 0.6 is 0 Å². The fourth-order valence-corrected chi connectivity index (χ4v) is 2.10. The SMILES string of the molecule is CCOC(=O)CC[C@H](NC(=O)c1ccc(NC(F)(F)F)cc1)C(=O)OCC. The summed E-state index contributed by atoms with van der Waals surface area (Å²) in [6.07, 6.45) is -4.73. The minimum Gasteiger partial charge on any atom is -0.466 e. The average Bonchev–Trinajstić information content (AvgIpc) is 2.58. The van der Waals surface area contributed by atoms with Crippen molar-refractivity contribution >= 4 is 23.5 Å². The summed E-state index contributed by atoms with van der Waals surface area (Å²) in [7, 11) is 0. The van der Waals surface area contributed by atoms with Crippen LogP contribution < -0.4 is 10.6 Å². The molecule has 1 atom stereocenters. The zero-order chi connectivity index (χ0) is 20.4. The van der Waals surface area contributed by atoms with Crippen molar-refractivity contribution in [3.05, 3.63) is 29.8 Å². The molecule has 0 saturated carbocycles. The van der Waals surface area contributed by atoms with Gasteiger partial charge in [-0.1, -0.05) is 0 Å². The Balaban J connectivity index is 2.76. The third kappa shape index (κ3) is 8.43. The zero-order valence-corrected chi connectivity index (χ0v) is 14.9. The number of carbonyl (C=O) groups excluding carboxylic acids is 3. The van der Waals surface area contributed by atoms with Crippen molar-refractivity contribution in [3.63, 3.8) is 0 Å². The summed E-state index contributed by atoms with van der Waals surface area (Å²) < 4.78 is 46.4. The predicted octanol–water partition coefficient (Wildman–Crippen LogP) is 2.62. The topological polar surface area (TPSA) is 93.7 Å². The standard InChI is InChI=1S/C17H21F3N2O5/c1-3-26-14(23)10-9-13(16(25)27-4-2)21-15(24)11-5-7-12(8-6-11)22-17(18,19)20/h5-8,13,22H,3-4,9-10H2,1-2H3,(H,21,24)/t13-/m0/s1. The van der Waals surface area contributed by atoms with Gasteiger partial charge in [0.05, 0.1) is 13.2 Å². The third-order valence-corrected chi connectivity index (χ3v) is 3.25. The first-order valence-electron chi connectivity index (χ1n) is 8.24. The monoisotopic (exact) mass is 390 g/mol. The first-order valence-corrected chi connectivity index (χ1v) is 8.24. The van der Waals surface area contributed by atoms with Crippen LogP contribution in [0.25, 0.3) is 0 Å². The van der Waals surface area contributed by atoms with Crippen LogP contribution in [0, 0.1) is 0 Å². The Morgan fingerprint density at radius 1 is 1.04 bits per heavy atom. The number of amides is 1. The van der Waals surface area contributed by atoms with E-state index >= 15 is 0 Å². The predicted molar refractivity (Wildman–Crippen MR) is 89.9 cm³/mol. The molecule has 0 aliphatic carbocycles. The number of anilines is 1. The highest BCUT2D eigenvalue weighted by molar-refractivity contribution is 5.97. The largest absolute Gasteiger partial charge is 0.482 e. The molecular weight excluding hydrogens is 369 g/mol. The van der Waals surface area contributed by atoms with Gasteiger partial charge in [-0.3, -0.25) is 14.9 Å². The second-order valence-electron chi connectivity index (χ2n) is 5.32. The number of hydrogen-bond donors (Lipinski definition) is 2. The average molecular weight is 390 g/mol. The van der Waals surface area contributed by atoms with E-state index in [0.29, 0.717) is 0 Å². The number of alkyl halides is 3. The Kier molecular flexibility index (Phi) is 8.57. The summed E-state index contributed by atoms with van der Waals surface area (Å²) in [5, 5.41) is 3.73. The van der Waals surface area contributed by atoms with Crippen LogP contribution in [-0.4, -0.2) is 43.4 Å². The number of benzene rings is 1. The van der Waals surface area contributed by atoms with E-state index in [4.69, 9.17) is 9.47 Å². The van der Waals surface area contributed by atoms with Crippen molar-refractivity contribution in [2.75, 3.05) is 18.5 Å². The molecule has 0 fully saturated rings. The number of rotatable bonds is 9. The van der Waals surface area contributed by atoms with Gasteiger partial charge < -0.3 is 14.8 Å². The maximum absolute atomic E-state index is 12.3. The molecule has 150 valence electrons. The second-order valence-corrected chi connectivity index (χ2v) is 5.32. The summed E-state index contributed by atoms with van der Waals surface area (Å²) in [5.41, 5.74) is -0.184. The van der Waals surface area contributed by atoms with E-state index in [0.717, 1.165) is 12.1 Å². The number of halogens is 3. The van der Waals surface area contributed by atoms with Gasteiger partial charge in [-0.25, -0.2) is 4.79 Å². The number of ether oxygens (including phenoxy) is 2. The van der Waals surface area contributed by atoms with Gasteiger partial charge in [0, 0.05) is 17.7 Å². The van der Waals surface area contributed by atoms with Gasteiger partial charge in [-0.05, 0) is 44.5 Å². The molecule has 0 spiro atoms. The van der Waals surface area contributed by atoms with Gasteiger partial charge in [0.2, 0.25) is 0 Å². The number of carbonyl (C=O) groups is 3. The van der Waals surface area contributed by atoms with Crippen LogP contribution in [0.2, 0.25) is 0 Å². The third-order valence-electron chi connectivity index (χ3n) is 3.25. The van der Waals surface area contributed by atoms with Gasteiger partial charge in [0.1, 0.15) is 6.04 Å². The van der Waals surface area contributed by atoms with Crippen LogP contribution in [0.4, 0.5) is 18.9 Å². The molecule has 27 heavy (non-hydrogen) atoms. The second kappa shape index (κ2) is 10.4. The van der Waals surface area contributed by atoms with Crippen molar-refractivity contribution in [2.45, 2.75) is 39.0 Å². The molecule has 7 nitrogen and oxygen atoms in total. The molecule has 0 saturated heterocycles. The van der Waals surface area contributed by atoms with Crippen molar-refractivity contribution in [3.8, 4) is 0 Å². The summed E-state index contributed by atoms with van der Waals surface area (Å²) in [6.45, 7) is 3.50. The molecule has 0 aromatic heterocycles. The molecule has 0 radical (unpaired) electrons. The van der Waals surface area contributed by atoms with Gasteiger partial charge >= 0.3 is 18.2 Å². The van der Waals surface area contributed by atoms with E-state index in [-0.39, 0.29) is 37.3 Å². The van der Waals surface area contributed by atoms with Gasteiger partial charge in [0.25, 0.3) is 5.91 Å². The van der Waals surface area contributed by atoms with Gasteiger partial charge in [0.15, 0.2) is 0 Å². The number of nitrogens with one attached hydrogen (secondary N) is 2. The van der Waals surface area contributed by atoms with Crippen molar-refractivity contribution in [2.24, 2.45) is 0 Å². The first-order chi connectivity index (χ1) is 12.7. The zero-order valence-electron chi connectivity index (χ0n) is 14.9. The summed E-state index contributed by atoms with van der Waals surface area (Å²) in [5.74, 6) is -1.93. The lowest BCUT2D eigenvalue weighted by molar-refractivity contribution is -0.146. The molecule has 0 heterocycles. The fourth-order valence-electron chi connectivity index (χ4n) is 2.10. The van der Waals surface area contributed by atoms with Crippen molar-refractivity contribution < 1.29 is 37.0 Å². The van der Waals surface area contributed by atoms with Crippen molar-refractivity contribution in [1.82, 2.24) is 5.32 Å². The maximum atomic E-state index is 12.3. The molecule has 2 N–H and O–H groups in total. The number of esters is 2. The van der Waals surface area contributed by atoms with E-state index in [9.17, 15) is 27.6 Å². The Hall–Kier alpha value is -2.78. The highest BCUT2D eigenvalue weighted by atomic mass is 19.4. The molecule has 0 aliphatic heterocycles. The van der Waals surface area contributed by atoms with Gasteiger partial charge in [-0.15, -0.1) is 0 Å². The molecule has 0 bridgehead atoms. The molecule has 10 heteroatoms. The van der Waals surface area contributed by atoms with Crippen LogP contribution in [-0.2, 0) is 19.1 Å². The molecule has 1 aromatic rings. The van der Waals surface area contributed by atoms with E-state index in [1.165, 1.54) is 17.4 Å². The molecule has 1 aromatic carbocycles. The smallest absolute Gasteiger partial charge is 0.466 e. The Morgan fingerprint density at radius 2 is 1.63 bits per heavy atom. The minimum atomic E-state index is -4.59. The Bertz CT molecular complexity index is 647. The molecule has 0 unspecified atom stereocenters. The molecule has 0 aliphatic rings. The summed E-state index contributed by atoms with van der Waals surface area (Å²) in [6, 6.07) is 3.43. The van der Waals surface area contributed by atoms with Crippen molar-refractivity contribution in [1.29, 1.82) is 0 Å². The Labute approximate surface area is 154 Å². The Morgan fingerprint density at radius 3 is 2.15 bits per heavy atom. The molecule has 1 amide bonds. The van der Waals surface area contributed by atoms with Gasteiger partial charge in [-0.2, -0.15) is 13.2 Å². The van der Waals surface area contributed by atoms with E-state index in [1.807, 2.05) is 0 Å². The first kappa shape index (κ1) is 22.3. The van der Waals surface area contributed by atoms with E-state index < -0.39 is 30.2 Å². The van der Waals surface area contributed by atoms with E-state index in [1.54, 1.807) is 13.8 Å². The fraction of sp³-hybridized carbons (Fsp3) is 0.471. The molecule has 1 rings (SSSR count). The summed E-state index contributed by atoms with van der Waals surface area (Å²) in [4.78, 5) is 35.7. The van der Waals surface area contributed by atoms with Crippen LogP contribution in [0.15, 0.2) is 24.3 Å². The maximum Gasteiger partial charge on any atom is 0.482 e. The normalized spacial score (nSPS) is 12.0. The summed E-state index contributed by atoms with van der Waals surface area (Å²) >= 11 is 0. The van der Waals surface area contributed by atoms with Crippen LogP contribution in [0.3, 0.4) is 0 Å². The lowest BCUT2D eigenvalue weighted by Crippen LogP contribution is -2.42. The highest BCUT2D eigenvalue weighted by Crippen LogP contribution is 2.20. The lowest BCUT2D eigenvalue weighted by Gasteiger charge is -2.17. The molecular formula is C17H21F3N2O5. The van der Waals surface area contributed by atoms with Crippen LogP contribution in [0.1, 0.15) is 37.0 Å². The van der Waals surface area contributed by atoms with Crippen LogP contribution in [0.5, 0.6) is 0 Å². The lowest BCUT2D eigenvalue weighted by atomic mass is 10.1. The van der Waals surface area contributed by atoms with E-state index in [2.05, 4.69) is 5.32 Å². The quantitative estimate of drug-likeness (QED) is 0.497. The highest BCUT2D eigenvalue weighted by Gasteiger charge is 2.27. The number of hydrogen-bond acceptors (Lipinski definition) is 6.